The molecule has 1 aliphatic heterocycles. The molecule has 0 amide bonds. The normalized spacial score (nSPS) is 26.2. The number of aromatic nitrogens is 1. The predicted octanol–water partition coefficient (Wildman–Crippen LogP) is 3.35. The van der Waals surface area contributed by atoms with Crippen molar-refractivity contribution in [3.8, 4) is 0 Å². The van der Waals surface area contributed by atoms with Gasteiger partial charge in [-0.25, -0.2) is 0 Å². The number of rotatable bonds is 2. The summed E-state index contributed by atoms with van der Waals surface area (Å²) in [4.78, 5) is 12.0. The molecule has 0 saturated carbocycles. The van der Waals surface area contributed by atoms with Gasteiger partial charge in [-0.3, -0.25) is 4.79 Å². The monoisotopic (exact) mass is 261 g/mol. The maximum Gasteiger partial charge on any atom is 0.164 e. The molecule has 104 valence electrons. The van der Waals surface area contributed by atoms with Gasteiger partial charge >= 0.3 is 0 Å². The van der Waals surface area contributed by atoms with Crippen LogP contribution in [0.5, 0.6) is 0 Å². The minimum atomic E-state index is 0.0186. The van der Waals surface area contributed by atoms with E-state index in [9.17, 15) is 4.79 Å². The van der Waals surface area contributed by atoms with Gasteiger partial charge in [-0.1, -0.05) is 0 Å². The van der Waals surface area contributed by atoms with Crippen LogP contribution in [0.1, 0.15) is 61.9 Å². The third-order valence-electron chi connectivity index (χ3n) is 4.33. The molecule has 1 aliphatic carbocycles. The predicted molar refractivity (Wildman–Crippen MR) is 74.5 cm³/mol. The van der Waals surface area contributed by atoms with Gasteiger partial charge in [0.15, 0.2) is 5.78 Å². The molecule has 1 saturated heterocycles. The Bertz CT molecular complexity index is 487. The van der Waals surface area contributed by atoms with E-state index in [0.29, 0.717) is 18.3 Å². The second-order valence-corrected chi connectivity index (χ2v) is 6.56. The van der Waals surface area contributed by atoms with Crippen molar-refractivity contribution in [3.05, 3.63) is 23.5 Å². The average molecular weight is 261 g/mol. The van der Waals surface area contributed by atoms with Gasteiger partial charge in [-0.2, -0.15) is 0 Å². The molecule has 2 heterocycles. The summed E-state index contributed by atoms with van der Waals surface area (Å²) in [5.74, 6) is 0.318. The van der Waals surface area contributed by atoms with Crippen LogP contribution < -0.4 is 0 Å². The Morgan fingerprint density at radius 2 is 2.11 bits per heavy atom. The number of hydrogen-bond donors (Lipinski definition) is 0. The molecule has 3 rings (SSSR count). The van der Waals surface area contributed by atoms with E-state index >= 15 is 0 Å². The van der Waals surface area contributed by atoms with Gasteiger partial charge in [0.1, 0.15) is 0 Å². The van der Waals surface area contributed by atoms with Crippen LogP contribution in [-0.4, -0.2) is 22.1 Å². The summed E-state index contributed by atoms with van der Waals surface area (Å²) in [6.07, 6.45) is 10.7. The number of Topliss-reactive ketones (excluding diaryl/α,β-unsaturated/α-hetero) is 1. The highest BCUT2D eigenvalue weighted by molar-refractivity contribution is 5.97. The Kier molecular flexibility index (Phi) is 3.25. The summed E-state index contributed by atoms with van der Waals surface area (Å²) >= 11 is 0. The van der Waals surface area contributed by atoms with Crippen LogP contribution in [0.25, 0.3) is 0 Å². The Morgan fingerprint density at radius 3 is 2.84 bits per heavy atom. The van der Waals surface area contributed by atoms with Crippen LogP contribution in [0.4, 0.5) is 0 Å². The Morgan fingerprint density at radius 1 is 1.32 bits per heavy atom. The second kappa shape index (κ2) is 4.78. The molecule has 3 heteroatoms. The zero-order chi connectivity index (χ0) is 13.5. The Balaban J connectivity index is 1.73. The molecule has 0 N–H and O–H groups in total. The van der Waals surface area contributed by atoms with Crippen molar-refractivity contribution in [2.45, 2.75) is 70.6 Å². The van der Waals surface area contributed by atoms with Crippen molar-refractivity contribution in [2.75, 3.05) is 0 Å². The molecule has 1 fully saturated rings. The zero-order valence-electron chi connectivity index (χ0n) is 11.9. The van der Waals surface area contributed by atoms with E-state index < -0.39 is 0 Å². The third-order valence-corrected chi connectivity index (χ3v) is 4.33. The summed E-state index contributed by atoms with van der Waals surface area (Å²) in [6, 6.07) is 0. The fraction of sp³-hybridized carbons (Fsp3) is 0.688. The van der Waals surface area contributed by atoms with Gasteiger partial charge in [0, 0.05) is 30.9 Å². The van der Waals surface area contributed by atoms with Crippen LogP contribution in [-0.2, 0) is 17.7 Å². The Labute approximate surface area is 114 Å². The van der Waals surface area contributed by atoms with Crippen molar-refractivity contribution in [1.82, 2.24) is 4.57 Å². The molecule has 2 aliphatic rings. The van der Waals surface area contributed by atoms with Crippen LogP contribution in [0.15, 0.2) is 12.4 Å². The number of ether oxygens (including phenoxy) is 1. The lowest BCUT2D eigenvalue weighted by atomic mass is 10.1. The molecule has 0 spiro atoms. The van der Waals surface area contributed by atoms with Crippen molar-refractivity contribution < 1.29 is 9.53 Å². The van der Waals surface area contributed by atoms with Crippen molar-refractivity contribution in [1.29, 1.82) is 0 Å². The maximum atomic E-state index is 12.0. The first-order valence-corrected chi connectivity index (χ1v) is 7.43. The average Bonchev–Trinajstić information content (AvgIpc) is 2.84. The van der Waals surface area contributed by atoms with Gasteiger partial charge in [0.05, 0.1) is 11.7 Å². The van der Waals surface area contributed by atoms with Crippen LogP contribution >= 0.6 is 0 Å². The summed E-state index contributed by atoms with van der Waals surface area (Å²) in [6.45, 7) is 5.19. The minimum Gasteiger partial charge on any atom is -0.370 e. The van der Waals surface area contributed by atoms with Gasteiger partial charge in [0.2, 0.25) is 0 Å². The number of nitrogens with zero attached hydrogens (tertiary/aromatic N) is 1. The molecular weight excluding hydrogens is 238 g/mol. The molecule has 1 aromatic rings. The number of aryl methyl sites for hydroxylation is 1. The highest BCUT2D eigenvalue weighted by atomic mass is 16.5. The van der Waals surface area contributed by atoms with Gasteiger partial charge in [-0.15, -0.1) is 0 Å². The van der Waals surface area contributed by atoms with Crippen LogP contribution in [0.2, 0.25) is 0 Å². The van der Waals surface area contributed by atoms with E-state index in [1.165, 1.54) is 5.56 Å². The second-order valence-electron chi connectivity index (χ2n) is 6.56. The van der Waals surface area contributed by atoms with Crippen LogP contribution in [0.3, 0.4) is 0 Å². The number of fused-ring (bicyclic) bond motifs is 1. The molecule has 0 radical (unpaired) electrons. The molecule has 0 aromatic carbocycles. The summed E-state index contributed by atoms with van der Waals surface area (Å²) in [5, 5.41) is 0. The molecule has 0 bridgehead atoms. The van der Waals surface area contributed by atoms with Gasteiger partial charge in [0.25, 0.3) is 0 Å². The fourth-order valence-corrected chi connectivity index (χ4v) is 3.29. The van der Waals surface area contributed by atoms with E-state index in [2.05, 4.69) is 24.6 Å². The topological polar surface area (TPSA) is 31.2 Å². The lowest BCUT2D eigenvalue weighted by Crippen LogP contribution is -2.22. The molecule has 19 heavy (non-hydrogen) atoms. The molecule has 1 aromatic heterocycles. The van der Waals surface area contributed by atoms with E-state index in [4.69, 9.17) is 4.74 Å². The number of hydrogen-bond acceptors (Lipinski definition) is 2. The summed E-state index contributed by atoms with van der Waals surface area (Å²) < 4.78 is 8.20. The standard InChI is InChI=1S/C16H23NO2/c1-16(2)8-7-13(19-16)10-17-9-12-5-3-4-6-15(18)14(12)11-17/h9,11,13H,3-8,10H2,1-2H3. The SMILES string of the molecule is CC1(C)CCC(Cn2cc3c(c2)C(=O)CCCC3)O1. The van der Waals surface area contributed by atoms with Crippen LogP contribution in [0, 0.1) is 0 Å². The van der Waals surface area contributed by atoms with Crippen molar-refractivity contribution in [2.24, 2.45) is 0 Å². The van der Waals surface area contributed by atoms with Crippen molar-refractivity contribution in [3.63, 3.8) is 0 Å². The third kappa shape index (κ3) is 2.76. The lowest BCUT2D eigenvalue weighted by Gasteiger charge is -2.19. The van der Waals surface area contributed by atoms with E-state index in [0.717, 1.165) is 44.2 Å². The summed E-state index contributed by atoms with van der Waals surface area (Å²) in [5.41, 5.74) is 2.21. The first-order chi connectivity index (χ1) is 9.03. The quantitative estimate of drug-likeness (QED) is 0.764. The molecule has 3 nitrogen and oxygen atoms in total. The molecule has 1 unspecified atom stereocenters. The van der Waals surface area contributed by atoms with E-state index in [-0.39, 0.29) is 5.60 Å². The number of carbonyl (C=O) groups excluding carboxylic acids is 1. The lowest BCUT2D eigenvalue weighted by molar-refractivity contribution is -0.0216. The van der Waals surface area contributed by atoms with Crippen molar-refractivity contribution >= 4 is 5.78 Å². The highest BCUT2D eigenvalue weighted by Crippen LogP contribution is 2.30. The number of ketones is 1. The van der Waals surface area contributed by atoms with Gasteiger partial charge < -0.3 is 9.30 Å². The molecule has 1 atom stereocenters. The first-order valence-electron chi connectivity index (χ1n) is 7.43. The first kappa shape index (κ1) is 12.9. The highest BCUT2D eigenvalue weighted by Gasteiger charge is 2.31. The largest absolute Gasteiger partial charge is 0.370 e. The Hall–Kier alpha value is -1.09. The minimum absolute atomic E-state index is 0.0186. The zero-order valence-corrected chi connectivity index (χ0v) is 11.9. The number of carbonyl (C=O) groups is 1. The van der Waals surface area contributed by atoms with E-state index in [1.807, 2.05) is 6.20 Å². The van der Waals surface area contributed by atoms with Gasteiger partial charge in [-0.05, 0) is 51.5 Å². The maximum absolute atomic E-state index is 12.0. The van der Waals surface area contributed by atoms with E-state index in [1.54, 1.807) is 0 Å². The molecular formula is C16H23NO2. The summed E-state index contributed by atoms with van der Waals surface area (Å²) in [7, 11) is 0. The smallest absolute Gasteiger partial charge is 0.164 e. The fourth-order valence-electron chi connectivity index (χ4n) is 3.29.